The Morgan fingerprint density at radius 2 is 2.00 bits per heavy atom. The van der Waals surface area contributed by atoms with Crippen molar-refractivity contribution in [3.05, 3.63) is 34.4 Å². The molecule has 1 atom stereocenters. The third-order valence-electron chi connectivity index (χ3n) is 3.79. The highest BCUT2D eigenvalue weighted by atomic mass is 35.5. The van der Waals surface area contributed by atoms with Gasteiger partial charge in [-0.1, -0.05) is 24.4 Å². The van der Waals surface area contributed by atoms with Crippen LogP contribution in [0.25, 0.3) is 0 Å². The summed E-state index contributed by atoms with van der Waals surface area (Å²) >= 11 is 5.46. The molecular weight excluding hydrogens is 286 g/mol. The van der Waals surface area contributed by atoms with Gasteiger partial charge < -0.3 is 11.1 Å². The minimum atomic E-state index is -0.837. The molecule has 1 saturated carbocycles. The Bertz CT molecular complexity index is 504. The number of hydrogen-bond donors (Lipinski definition) is 2. The SMILES string of the molecule is NCC(NC(=O)c1cc(F)c(Cl)cc1F)C1CCCC1. The Labute approximate surface area is 121 Å². The summed E-state index contributed by atoms with van der Waals surface area (Å²) in [4.78, 5) is 12.0. The van der Waals surface area contributed by atoms with Crippen LogP contribution in [-0.4, -0.2) is 18.5 Å². The van der Waals surface area contributed by atoms with Gasteiger partial charge in [0.25, 0.3) is 5.91 Å². The molecule has 1 unspecified atom stereocenters. The smallest absolute Gasteiger partial charge is 0.254 e. The second-order valence-electron chi connectivity index (χ2n) is 5.11. The lowest BCUT2D eigenvalue weighted by molar-refractivity contribution is 0.0919. The fourth-order valence-corrected chi connectivity index (χ4v) is 2.82. The molecule has 0 spiro atoms. The van der Waals surface area contributed by atoms with Gasteiger partial charge in [-0.05, 0) is 30.9 Å². The number of carbonyl (C=O) groups excluding carboxylic acids is 1. The summed E-state index contributed by atoms with van der Waals surface area (Å²) in [6, 6.07) is 1.41. The van der Waals surface area contributed by atoms with Crippen molar-refractivity contribution >= 4 is 17.5 Å². The van der Waals surface area contributed by atoms with Crippen molar-refractivity contribution in [2.45, 2.75) is 31.7 Å². The first-order chi connectivity index (χ1) is 9.52. The highest BCUT2D eigenvalue weighted by Gasteiger charge is 2.26. The molecule has 110 valence electrons. The van der Waals surface area contributed by atoms with Gasteiger partial charge in [0.1, 0.15) is 11.6 Å². The van der Waals surface area contributed by atoms with Crippen LogP contribution >= 0.6 is 11.6 Å². The third-order valence-corrected chi connectivity index (χ3v) is 4.08. The summed E-state index contributed by atoms with van der Waals surface area (Å²) in [5.74, 6) is -2.00. The third kappa shape index (κ3) is 3.27. The topological polar surface area (TPSA) is 55.1 Å². The summed E-state index contributed by atoms with van der Waals surface area (Å²) < 4.78 is 27.0. The lowest BCUT2D eigenvalue weighted by atomic mass is 9.98. The highest BCUT2D eigenvalue weighted by molar-refractivity contribution is 6.30. The van der Waals surface area contributed by atoms with Crippen LogP contribution in [0.4, 0.5) is 8.78 Å². The number of benzene rings is 1. The Morgan fingerprint density at radius 1 is 1.35 bits per heavy atom. The van der Waals surface area contributed by atoms with E-state index in [1.807, 2.05) is 0 Å². The minimum Gasteiger partial charge on any atom is -0.348 e. The minimum absolute atomic E-state index is 0.205. The molecule has 1 aliphatic carbocycles. The van der Waals surface area contributed by atoms with E-state index in [2.05, 4.69) is 5.32 Å². The normalized spacial score (nSPS) is 17.2. The van der Waals surface area contributed by atoms with Crippen molar-refractivity contribution in [1.29, 1.82) is 0 Å². The van der Waals surface area contributed by atoms with Gasteiger partial charge in [-0.2, -0.15) is 0 Å². The fraction of sp³-hybridized carbons (Fsp3) is 0.500. The zero-order valence-corrected chi connectivity index (χ0v) is 11.7. The first-order valence-electron chi connectivity index (χ1n) is 6.68. The first kappa shape index (κ1) is 15.2. The van der Waals surface area contributed by atoms with Gasteiger partial charge in [-0.3, -0.25) is 4.79 Å². The van der Waals surface area contributed by atoms with E-state index in [0.717, 1.165) is 37.8 Å². The fourth-order valence-electron chi connectivity index (χ4n) is 2.67. The van der Waals surface area contributed by atoms with Crippen molar-refractivity contribution in [3.8, 4) is 0 Å². The zero-order valence-electron chi connectivity index (χ0n) is 11.0. The number of hydrogen-bond acceptors (Lipinski definition) is 2. The summed E-state index contributed by atoms with van der Waals surface area (Å²) in [7, 11) is 0. The van der Waals surface area contributed by atoms with E-state index in [0.29, 0.717) is 5.92 Å². The number of nitrogens with one attached hydrogen (secondary N) is 1. The van der Waals surface area contributed by atoms with Crippen molar-refractivity contribution in [1.82, 2.24) is 5.32 Å². The Balaban J connectivity index is 2.12. The number of rotatable bonds is 4. The maximum absolute atomic E-state index is 13.7. The van der Waals surface area contributed by atoms with E-state index >= 15 is 0 Å². The quantitative estimate of drug-likeness (QED) is 0.840. The Kier molecular flexibility index (Phi) is 4.94. The summed E-state index contributed by atoms with van der Waals surface area (Å²) in [6.07, 6.45) is 4.22. The average Bonchev–Trinajstić information content (AvgIpc) is 2.93. The molecule has 0 bridgehead atoms. The van der Waals surface area contributed by atoms with Crippen LogP contribution in [0.2, 0.25) is 5.02 Å². The molecule has 1 aliphatic rings. The second kappa shape index (κ2) is 6.50. The Hall–Kier alpha value is -1.20. The van der Waals surface area contributed by atoms with Crippen LogP contribution in [0.3, 0.4) is 0 Å². The molecule has 1 aromatic rings. The molecule has 6 heteroatoms. The molecule has 0 aromatic heterocycles. The molecule has 3 N–H and O–H groups in total. The van der Waals surface area contributed by atoms with Gasteiger partial charge >= 0.3 is 0 Å². The lowest BCUT2D eigenvalue weighted by Gasteiger charge is -2.23. The van der Waals surface area contributed by atoms with Gasteiger partial charge in [0, 0.05) is 12.6 Å². The molecule has 1 amide bonds. The second-order valence-corrected chi connectivity index (χ2v) is 5.51. The van der Waals surface area contributed by atoms with Crippen molar-refractivity contribution in [3.63, 3.8) is 0 Å². The molecule has 0 radical (unpaired) electrons. The van der Waals surface area contributed by atoms with Crippen LogP contribution in [0.15, 0.2) is 12.1 Å². The standard InChI is InChI=1S/C14H17ClF2N2O/c15-10-6-11(16)9(5-12(10)17)14(20)19-13(7-18)8-3-1-2-4-8/h5-6,8,13H,1-4,7,18H2,(H,19,20). The molecule has 3 nitrogen and oxygen atoms in total. The number of amides is 1. The Morgan fingerprint density at radius 3 is 2.60 bits per heavy atom. The van der Waals surface area contributed by atoms with E-state index in [1.165, 1.54) is 0 Å². The van der Waals surface area contributed by atoms with Gasteiger partial charge in [-0.15, -0.1) is 0 Å². The van der Waals surface area contributed by atoms with Crippen molar-refractivity contribution in [2.75, 3.05) is 6.54 Å². The largest absolute Gasteiger partial charge is 0.348 e. The molecule has 2 rings (SSSR count). The van der Waals surface area contributed by atoms with Gasteiger partial charge in [0.2, 0.25) is 0 Å². The van der Waals surface area contributed by atoms with Crippen molar-refractivity contribution in [2.24, 2.45) is 11.7 Å². The van der Waals surface area contributed by atoms with E-state index in [9.17, 15) is 13.6 Å². The monoisotopic (exact) mass is 302 g/mol. The van der Waals surface area contributed by atoms with Crippen LogP contribution < -0.4 is 11.1 Å². The van der Waals surface area contributed by atoms with E-state index in [4.69, 9.17) is 17.3 Å². The zero-order chi connectivity index (χ0) is 14.7. The van der Waals surface area contributed by atoms with Crippen molar-refractivity contribution < 1.29 is 13.6 Å². The molecule has 1 fully saturated rings. The molecule has 1 aromatic carbocycles. The molecule has 20 heavy (non-hydrogen) atoms. The molecule has 0 heterocycles. The maximum Gasteiger partial charge on any atom is 0.254 e. The summed E-state index contributed by atoms with van der Waals surface area (Å²) in [5.41, 5.74) is 5.32. The summed E-state index contributed by atoms with van der Waals surface area (Å²) in [6.45, 7) is 0.286. The van der Waals surface area contributed by atoms with Gasteiger partial charge in [0.15, 0.2) is 0 Å². The van der Waals surface area contributed by atoms with E-state index in [1.54, 1.807) is 0 Å². The average molecular weight is 303 g/mol. The van der Waals surface area contributed by atoms with Crippen LogP contribution in [0.5, 0.6) is 0 Å². The van der Waals surface area contributed by atoms with E-state index in [-0.39, 0.29) is 23.2 Å². The number of nitrogens with two attached hydrogens (primary N) is 1. The van der Waals surface area contributed by atoms with Gasteiger partial charge in [0.05, 0.1) is 10.6 Å². The van der Waals surface area contributed by atoms with Gasteiger partial charge in [-0.25, -0.2) is 8.78 Å². The molecule has 0 saturated heterocycles. The van der Waals surface area contributed by atoms with Crippen LogP contribution in [0.1, 0.15) is 36.0 Å². The molecule has 0 aliphatic heterocycles. The number of carbonyl (C=O) groups is 1. The predicted octanol–water partition coefficient (Wildman–Crippen LogP) is 2.87. The summed E-state index contributed by atoms with van der Waals surface area (Å²) in [5, 5.41) is 2.36. The predicted molar refractivity (Wildman–Crippen MR) is 73.6 cm³/mol. The van der Waals surface area contributed by atoms with E-state index < -0.39 is 17.5 Å². The molecular formula is C14H17ClF2N2O. The van der Waals surface area contributed by atoms with Crippen LogP contribution in [-0.2, 0) is 0 Å². The maximum atomic E-state index is 13.7. The lowest BCUT2D eigenvalue weighted by Crippen LogP contribution is -2.44. The highest BCUT2D eigenvalue weighted by Crippen LogP contribution is 2.27. The number of halogens is 3. The first-order valence-corrected chi connectivity index (χ1v) is 7.06. The van der Waals surface area contributed by atoms with Crippen LogP contribution in [0, 0.1) is 17.6 Å².